The molecule has 2 aromatic heterocycles. The number of H-pyrrole nitrogens is 1. The monoisotopic (exact) mass is 348 g/mol. The maximum absolute atomic E-state index is 12.6. The van der Waals surface area contributed by atoms with Crippen LogP contribution in [-0.4, -0.2) is 30.1 Å². The summed E-state index contributed by atoms with van der Waals surface area (Å²) in [6, 6.07) is 7.89. The summed E-state index contributed by atoms with van der Waals surface area (Å²) >= 11 is 0. The van der Waals surface area contributed by atoms with Crippen LogP contribution in [0.1, 0.15) is 12.7 Å². The number of aromatic amines is 1. The zero-order valence-electron chi connectivity index (χ0n) is 13.1. The predicted molar refractivity (Wildman–Crippen MR) is 89.0 cm³/mol. The molecule has 0 atom stereocenters. The zero-order valence-corrected chi connectivity index (χ0v) is 13.9. The van der Waals surface area contributed by atoms with Gasteiger partial charge in [-0.15, -0.1) is 0 Å². The van der Waals surface area contributed by atoms with Crippen LogP contribution in [0.3, 0.4) is 0 Å². The van der Waals surface area contributed by atoms with Crippen LogP contribution in [0, 0.1) is 0 Å². The van der Waals surface area contributed by atoms with Crippen molar-refractivity contribution in [2.45, 2.75) is 18.2 Å². The van der Waals surface area contributed by atoms with Crippen LogP contribution in [-0.2, 0) is 16.4 Å². The molecule has 9 heteroatoms. The number of benzene rings is 1. The summed E-state index contributed by atoms with van der Waals surface area (Å²) in [5.74, 6) is 1.10. The Morgan fingerprint density at radius 3 is 2.83 bits per heavy atom. The molecule has 0 saturated heterocycles. The van der Waals surface area contributed by atoms with E-state index in [1.54, 1.807) is 24.3 Å². The van der Waals surface area contributed by atoms with E-state index in [1.165, 1.54) is 23.8 Å². The van der Waals surface area contributed by atoms with Gasteiger partial charge in [-0.3, -0.25) is 13.9 Å². The molecule has 0 amide bonds. The quantitative estimate of drug-likeness (QED) is 0.725. The third-order valence-electron chi connectivity index (χ3n) is 3.54. The number of aromatic nitrogens is 3. The minimum Gasteiger partial charge on any atom is -0.497 e. The highest BCUT2D eigenvalue weighted by atomic mass is 32.2. The molecule has 0 radical (unpaired) electrons. The number of anilines is 1. The van der Waals surface area contributed by atoms with E-state index in [-0.39, 0.29) is 10.4 Å². The number of sulfonamides is 1. The Balaban J connectivity index is 2.05. The molecule has 0 aliphatic heterocycles. The van der Waals surface area contributed by atoms with Crippen molar-refractivity contribution < 1.29 is 13.2 Å². The van der Waals surface area contributed by atoms with Gasteiger partial charge in [0.1, 0.15) is 22.0 Å². The van der Waals surface area contributed by atoms with Crippen LogP contribution < -0.4 is 15.0 Å². The summed E-state index contributed by atoms with van der Waals surface area (Å²) in [7, 11) is -2.35. The fraction of sp³-hybridized carbons (Fsp3) is 0.200. The van der Waals surface area contributed by atoms with E-state index >= 15 is 0 Å². The summed E-state index contributed by atoms with van der Waals surface area (Å²) in [4.78, 5) is 11.8. The average Bonchev–Trinajstić information content (AvgIpc) is 3.02. The Kier molecular flexibility index (Phi) is 4.02. The van der Waals surface area contributed by atoms with Crippen molar-refractivity contribution in [3.63, 3.8) is 0 Å². The van der Waals surface area contributed by atoms with Gasteiger partial charge in [0.15, 0.2) is 0 Å². The molecule has 1 aromatic carbocycles. The Labute approximate surface area is 138 Å². The summed E-state index contributed by atoms with van der Waals surface area (Å²) in [5, 5.41) is 6.29. The van der Waals surface area contributed by atoms with Gasteiger partial charge in [0.05, 0.1) is 12.8 Å². The number of rotatable bonds is 5. The first-order valence-electron chi connectivity index (χ1n) is 7.21. The fourth-order valence-corrected chi connectivity index (χ4v) is 3.42. The first-order valence-corrected chi connectivity index (χ1v) is 8.69. The average molecular weight is 348 g/mol. The van der Waals surface area contributed by atoms with Crippen LogP contribution >= 0.6 is 0 Å². The molecule has 126 valence electrons. The van der Waals surface area contributed by atoms with Crippen LogP contribution in [0.15, 0.2) is 46.2 Å². The molecule has 0 aliphatic carbocycles. The smallest absolute Gasteiger partial charge is 0.288 e. The standard InChI is InChI=1S/C15H16N4O4S/c1-3-14-16-17-15(20)13-8-12(9-19(13)14)24(21,22)18-10-5-4-6-11(7-10)23-2/h4-9,18H,3H2,1-2H3,(H,17,20). The SMILES string of the molecule is CCc1n[nH]c(=O)c2cc(S(=O)(=O)Nc3cccc(OC)c3)cn12. The van der Waals surface area contributed by atoms with Crippen molar-refractivity contribution in [2.75, 3.05) is 11.8 Å². The molecule has 2 heterocycles. The van der Waals surface area contributed by atoms with Crippen molar-refractivity contribution in [1.82, 2.24) is 14.6 Å². The van der Waals surface area contributed by atoms with Crippen molar-refractivity contribution in [1.29, 1.82) is 0 Å². The van der Waals surface area contributed by atoms with Gasteiger partial charge >= 0.3 is 0 Å². The summed E-state index contributed by atoms with van der Waals surface area (Å²) in [6.07, 6.45) is 1.93. The van der Waals surface area contributed by atoms with E-state index in [2.05, 4.69) is 14.9 Å². The largest absolute Gasteiger partial charge is 0.497 e. The second-order valence-electron chi connectivity index (χ2n) is 5.09. The van der Waals surface area contributed by atoms with Gasteiger partial charge in [-0.1, -0.05) is 13.0 Å². The lowest BCUT2D eigenvalue weighted by molar-refractivity contribution is 0.415. The minimum atomic E-state index is -3.85. The lowest BCUT2D eigenvalue weighted by Crippen LogP contribution is -2.14. The summed E-state index contributed by atoms with van der Waals surface area (Å²) in [5.41, 5.74) is 0.148. The first-order chi connectivity index (χ1) is 11.4. The van der Waals surface area contributed by atoms with E-state index in [9.17, 15) is 13.2 Å². The third kappa shape index (κ3) is 2.85. The number of fused-ring (bicyclic) bond motifs is 1. The number of aryl methyl sites for hydroxylation is 1. The van der Waals surface area contributed by atoms with Crippen molar-refractivity contribution in [3.8, 4) is 5.75 Å². The molecule has 24 heavy (non-hydrogen) atoms. The van der Waals surface area contributed by atoms with Gasteiger partial charge < -0.3 is 4.74 Å². The molecular formula is C15H16N4O4S. The van der Waals surface area contributed by atoms with Crippen LogP contribution in [0.5, 0.6) is 5.75 Å². The maximum atomic E-state index is 12.6. The maximum Gasteiger partial charge on any atom is 0.288 e. The summed E-state index contributed by atoms with van der Waals surface area (Å²) < 4.78 is 34.2. The second-order valence-corrected chi connectivity index (χ2v) is 6.77. The highest BCUT2D eigenvalue weighted by Crippen LogP contribution is 2.21. The number of hydrogen-bond donors (Lipinski definition) is 2. The third-order valence-corrected chi connectivity index (χ3v) is 4.89. The molecule has 0 spiro atoms. The van der Waals surface area contributed by atoms with Gasteiger partial charge in [-0.05, 0) is 18.2 Å². The molecule has 3 rings (SSSR count). The van der Waals surface area contributed by atoms with E-state index in [1.807, 2.05) is 6.92 Å². The van der Waals surface area contributed by atoms with Crippen LogP contribution in [0.4, 0.5) is 5.69 Å². The Morgan fingerprint density at radius 2 is 2.12 bits per heavy atom. The van der Waals surface area contributed by atoms with Gasteiger partial charge in [-0.2, -0.15) is 5.10 Å². The van der Waals surface area contributed by atoms with Crippen LogP contribution in [0.2, 0.25) is 0 Å². The number of nitrogens with one attached hydrogen (secondary N) is 2. The minimum absolute atomic E-state index is 0.0153. The molecule has 2 N–H and O–H groups in total. The second kappa shape index (κ2) is 6.00. The van der Waals surface area contributed by atoms with Gasteiger partial charge in [0, 0.05) is 18.7 Å². The Hall–Kier alpha value is -2.81. The normalized spacial score (nSPS) is 11.6. The molecule has 3 aromatic rings. The zero-order chi connectivity index (χ0) is 17.3. The topological polar surface area (TPSA) is 106 Å². The fourth-order valence-electron chi connectivity index (χ4n) is 2.35. The van der Waals surface area contributed by atoms with Gasteiger partial charge in [0.2, 0.25) is 0 Å². The Bertz CT molecular complexity index is 1050. The van der Waals surface area contributed by atoms with Crippen molar-refractivity contribution >= 4 is 21.2 Å². The van der Waals surface area contributed by atoms with Crippen LogP contribution in [0.25, 0.3) is 5.52 Å². The van der Waals surface area contributed by atoms with Gasteiger partial charge in [0.25, 0.3) is 15.6 Å². The molecule has 0 unspecified atom stereocenters. The molecule has 0 saturated carbocycles. The lowest BCUT2D eigenvalue weighted by atomic mass is 10.3. The number of nitrogens with zero attached hydrogens (tertiary/aromatic N) is 2. The molecular weight excluding hydrogens is 332 g/mol. The predicted octanol–water partition coefficient (Wildman–Crippen LogP) is 1.39. The Morgan fingerprint density at radius 1 is 1.33 bits per heavy atom. The highest BCUT2D eigenvalue weighted by molar-refractivity contribution is 7.92. The van der Waals surface area contributed by atoms with E-state index in [0.717, 1.165) is 0 Å². The molecule has 0 aliphatic rings. The lowest BCUT2D eigenvalue weighted by Gasteiger charge is -2.07. The number of hydrogen-bond acceptors (Lipinski definition) is 5. The molecule has 8 nitrogen and oxygen atoms in total. The van der Waals surface area contributed by atoms with Gasteiger partial charge in [-0.25, -0.2) is 13.5 Å². The number of methoxy groups -OCH3 is 1. The highest BCUT2D eigenvalue weighted by Gasteiger charge is 2.19. The van der Waals surface area contributed by atoms with Crippen molar-refractivity contribution in [3.05, 3.63) is 52.7 Å². The first kappa shape index (κ1) is 16.1. The summed E-state index contributed by atoms with van der Waals surface area (Å²) in [6.45, 7) is 1.86. The van der Waals surface area contributed by atoms with E-state index in [4.69, 9.17) is 4.74 Å². The molecule has 0 fully saturated rings. The van der Waals surface area contributed by atoms with E-state index < -0.39 is 15.6 Å². The van der Waals surface area contributed by atoms with E-state index in [0.29, 0.717) is 23.7 Å². The number of ether oxygens (including phenoxy) is 1. The molecule has 0 bridgehead atoms. The van der Waals surface area contributed by atoms with Crippen molar-refractivity contribution in [2.24, 2.45) is 0 Å².